The number of carbonyl (C=O) groups is 1. The number of aromatic amines is 1. The molecule has 0 unspecified atom stereocenters. The number of hydrogen-bond acceptors (Lipinski definition) is 5. The van der Waals surface area contributed by atoms with Crippen LogP contribution >= 0.6 is 0 Å². The first-order chi connectivity index (χ1) is 14.0. The van der Waals surface area contributed by atoms with Crippen LogP contribution in [0.15, 0.2) is 48.9 Å². The first kappa shape index (κ1) is 18.7. The quantitative estimate of drug-likeness (QED) is 0.520. The molecule has 0 atom stereocenters. The Balaban J connectivity index is 1.46. The summed E-state index contributed by atoms with van der Waals surface area (Å²) in [5, 5.41) is 5.40. The van der Waals surface area contributed by atoms with Gasteiger partial charge in [0.15, 0.2) is 0 Å². The lowest BCUT2D eigenvalue weighted by atomic mass is 10.1. The molecular formula is C21H22N6O2. The van der Waals surface area contributed by atoms with Gasteiger partial charge in [0.2, 0.25) is 5.88 Å². The number of hydrogen-bond donors (Lipinski definition) is 2. The minimum Gasteiger partial charge on any atom is -0.439 e. The zero-order valence-corrected chi connectivity index (χ0v) is 16.3. The van der Waals surface area contributed by atoms with Gasteiger partial charge in [-0.1, -0.05) is 13.8 Å². The summed E-state index contributed by atoms with van der Waals surface area (Å²) in [6.45, 7) is 4.00. The standard InChI is InChI=1S/C21H22N6O2/c1-13(2)19-10-16(26-27(19)21(22)28)4-3-15-11-20(25-12-24-15)29-17-5-6-18-14(9-17)7-8-23-18/h5-13,23H,3-4H2,1-2H3,(H2,22,28). The molecule has 3 aromatic heterocycles. The second-order valence-electron chi connectivity index (χ2n) is 7.14. The largest absolute Gasteiger partial charge is 0.439 e. The molecule has 0 aliphatic heterocycles. The van der Waals surface area contributed by atoms with Gasteiger partial charge in [0.05, 0.1) is 11.4 Å². The van der Waals surface area contributed by atoms with E-state index in [1.54, 1.807) is 0 Å². The van der Waals surface area contributed by atoms with Crippen LogP contribution < -0.4 is 10.5 Å². The highest BCUT2D eigenvalue weighted by atomic mass is 16.5. The maximum Gasteiger partial charge on any atom is 0.339 e. The molecule has 4 rings (SSSR count). The summed E-state index contributed by atoms with van der Waals surface area (Å²) < 4.78 is 7.16. The molecule has 0 fully saturated rings. The van der Waals surface area contributed by atoms with Gasteiger partial charge in [-0.2, -0.15) is 9.78 Å². The number of rotatable bonds is 6. The van der Waals surface area contributed by atoms with Gasteiger partial charge in [-0.25, -0.2) is 14.8 Å². The maximum atomic E-state index is 11.6. The van der Waals surface area contributed by atoms with Gasteiger partial charge in [-0.3, -0.25) is 0 Å². The first-order valence-electron chi connectivity index (χ1n) is 9.44. The van der Waals surface area contributed by atoms with Crippen LogP contribution in [-0.4, -0.2) is 30.8 Å². The van der Waals surface area contributed by atoms with Gasteiger partial charge in [0.25, 0.3) is 0 Å². The smallest absolute Gasteiger partial charge is 0.339 e. The number of nitrogens with one attached hydrogen (secondary N) is 1. The number of ether oxygens (including phenoxy) is 1. The summed E-state index contributed by atoms with van der Waals surface area (Å²) in [4.78, 5) is 23.2. The number of nitrogens with two attached hydrogens (primary N) is 1. The third-order valence-corrected chi connectivity index (χ3v) is 4.67. The van der Waals surface area contributed by atoms with Crippen molar-refractivity contribution in [3.8, 4) is 11.6 Å². The second-order valence-corrected chi connectivity index (χ2v) is 7.14. The molecule has 1 aromatic carbocycles. The molecule has 3 heterocycles. The molecule has 4 aromatic rings. The number of H-pyrrole nitrogens is 1. The van der Waals surface area contributed by atoms with Gasteiger partial charge in [-0.15, -0.1) is 0 Å². The molecule has 8 nitrogen and oxygen atoms in total. The summed E-state index contributed by atoms with van der Waals surface area (Å²) in [5.74, 6) is 1.35. The van der Waals surface area contributed by atoms with Crippen molar-refractivity contribution in [2.45, 2.75) is 32.6 Å². The number of aromatic nitrogens is 5. The molecular weight excluding hydrogens is 368 g/mol. The van der Waals surface area contributed by atoms with Crippen LogP contribution in [0.25, 0.3) is 10.9 Å². The highest BCUT2D eigenvalue weighted by Gasteiger charge is 2.15. The molecule has 0 spiro atoms. The van der Waals surface area contributed by atoms with Crippen molar-refractivity contribution in [1.82, 2.24) is 24.7 Å². The highest BCUT2D eigenvalue weighted by molar-refractivity contribution is 5.80. The molecule has 29 heavy (non-hydrogen) atoms. The Morgan fingerprint density at radius 2 is 1.97 bits per heavy atom. The van der Waals surface area contributed by atoms with E-state index >= 15 is 0 Å². The predicted molar refractivity (Wildman–Crippen MR) is 109 cm³/mol. The Morgan fingerprint density at radius 1 is 1.14 bits per heavy atom. The van der Waals surface area contributed by atoms with E-state index in [0.717, 1.165) is 28.0 Å². The van der Waals surface area contributed by atoms with Crippen molar-refractivity contribution in [3.05, 3.63) is 66.0 Å². The van der Waals surface area contributed by atoms with E-state index in [9.17, 15) is 4.79 Å². The zero-order valence-electron chi connectivity index (χ0n) is 16.3. The Kier molecular flexibility index (Phi) is 4.99. The van der Waals surface area contributed by atoms with Crippen molar-refractivity contribution in [3.63, 3.8) is 0 Å². The van der Waals surface area contributed by atoms with Gasteiger partial charge in [0.1, 0.15) is 12.1 Å². The number of carbonyl (C=O) groups excluding carboxylic acids is 1. The summed E-state index contributed by atoms with van der Waals surface area (Å²) >= 11 is 0. The third-order valence-electron chi connectivity index (χ3n) is 4.67. The van der Waals surface area contributed by atoms with E-state index in [4.69, 9.17) is 10.5 Å². The lowest BCUT2D eigenvalue weighted by molar-refractivity contribution is 0.246. The number of amides is 1. The number of fused-ring (bicyclic) bond motifs is 1. The van der Waals surface area contributed by atoms with E-state index in [1.807, 2.05) is 56.4 Å². The van der Waals surface area contributed by atoms with E-state index in [-0.39, 0.29) is 5.92 Å². The first-order valence-corrected chi connectivity index (χ1v) is 9.44. The van der Waals surface area contributed by atoms with Gasteiger partial charge < -0.3 is 15.5 Å². The molecule has 0 saturated carbocycles. The summed E-state index contributed by atoms with van der Waals surface area (Å²) in [7, 11) is 0. The fourth-order valence-electron chi connectivity index (χ4n) is 3.20. The summed E-state index contributed by atoms with van der Waals surface area (Å²) in [6.07, 6.45) is 4.65. The van der Waals surface area contributed by atoms with Crippen LogP contribution in [0, 0.1) is 0 Å². The molecule has 0 radical (unpaired) electrons. The molecule has 0 aliphatic rings. The monoisotopic (exact) mass is 390 g/mol. The molecule has 0 saturated heterocycles. The van der Waals surface area contributed by atoms with E-state index in [1.165, 1.54) is 11.0 Å². The van der Waals surface area contributed by atoms with Gasteiger partial charge >= 0.3 is 6.03 Å². The van der Waals surface area contributed by atoms with Crippen molar-refractivity contribution < 1.29 is 9.53 Å². The van der Waals surface area contributed by atoms with Crippen molar-refractivity contribution >= 4 is 16.9 Å². The fraction of sp³-hybridized carbons (Fsp3) is 0.238. The molecule has 3 N–H and O–H groups in total. The van der Waals surface area contributed by atoms with Crippen molar-refractivity contribution in [2.24, 2.45) is 5.73 Å². The Morgan fingerprint density at radius 3 is 2.72 bits per heavy atom. The Labute approximate surface area is 167 Å². The average molecular weight is 390 g/mol. The zero-order chi connectivity index (χ0) is 20.4. The molecule has 0 bridgehead atoms. The number of aryl methyl sites for hydroxylation is 2. The van der Waals surface area contributed by atoms with E-state index in [0.29, 0.717) is 24.5 Å². The Bertz CT molecular complexity index is 1160. The fourth-order valence-corrected chi connectivity index (χ4v) is 3.20. The van der Waals surface area contributed by atoms with Crippen LogP contribution in [0.5, 0.6) is 11.6 Å². The topological polar surface area (TPSA) is 112 Å². The van der Waals surface area contributed by atoms with Gasteiger partial charge in [-0.05, 0) is 49.1 Å². The average Bonchev–Trinajstić information content (AvgIpc) is 3.33. The van der Waals surface area contributed by atoms with Gasteiger partial charge in [0, 0.05) is 28.9 Å². The highest BCUT2D eigenvalue weighted by Crippen LogP contribution is 2.24. The maximum absolute atomic E-state index is 11.6. The second kappa shape index (κ2) is 7.75. The Hall–Kier alpha value is -3.68. The summed E-state index contributed by atoms with van der Waals surface area (Å²) in [5.41, 5.74) is 8.90. The molecule has 0 aliphatic carbocycles. The third kappa shape index (κ3) is 4.11. The van der Waals surface area contributed by atoms with Crippen LogP contribution in [0.4, 0.5) is 4.79 Å². The van der Waals surface area contributed by atoms with Crippen LogP contribution in [0.1, 0.15) is 36.8 Å². The lowest BCUT2D eigenvalue weighted by Gasteiger charge is -2.06. The van der Waals surface area contributed by atoms with Crippen molar-refractivity contribution in [2.75, 3.05) is 0 Å². The molecule has 8 heteroatoms. The number of benzene rings is 1. The van der Waals surface area contributed by atoms with Crippen LogP contribution in [0.3, 0.4) is 0 Å². The molecule has 148 valence electrons. The number of primary amides is 1. The summed E-state index contributed by atoms with van der Waals surface area (Å²) in [6, 6.07) is 11.0. The van der Waals surface area contributed by atoms with Crippen molar-refractivity contribution in [1.29, 1.82) is 0 Å². The minimum absolute atomic E-state index is 0.153. The molecule has 1 amide bonds. The van der Waals surface area contributed by atoms with E-state index < -0.39 is 6.03 Å². The number of nitrogens with zero attached hydrogens (tertiary/aromatic N) is 4. The minimum atomic E-state index is -0.572. The predicted octanol–water partition coefficient (Wildman–Crippen LogP) is 3.78. The van der Waals surface area contributed by atoms with Crippen LogP contribution in [-0.2, 0) is 12.8 Å². The van der Waals surface area contributed by atoms with E-state index in [2.05, 4.69) is 20.1 Å². The normalized spacial score (nSPS) is 11.3. The SMILES string of the molecule is CC(C)c1cc(CCc2cc(Oc3ccc4[nH]ccc4c3)ncn2)nn1C(N)=O. The van der Waals surface area contributed by atoms with Crippen LogP contribution in [0.2, 0.25) is 0 Å². The lowest BCUT2D eigenvalue weighted by Crippen LogP contribution is -2.23.